The van der Waals surface area contributed by atoms with Crippen molar-refractivity contribution in [2.45, 2.75) is 46.0 Å². The molecular formula is C13H22N2O. The Hall–Kier alpha value is -0.830. The highest BCUT2D eigenvalue weighted by atomic mass is 16.4. The van der Waals surface area contributed by atoms with E-state index in [1.807, 2.05) is 0 Å². The minimum atomic E-state index is 0.433. The molecule has 0 unspecified atom stereocenters. The van der Waals surface area contributed by atoms with Gasteiger partial charge in [-0.2, -0.15) is 0 Å². The molecular weight excluding hydrogens is 200 g/mol. The summed E-state index contributed by atoms with van der Waals surface area (Å²) in [6.07, 6.45) is 1.02. The van der Waals surface area contributed by atoms with Crippen molar-refractivity contribution in [3.63, 3.8) is 0 Å². The maximum atomic E-state index is 5.93. The van der Waals surface area contributed by atoms with E-state index in [4.69, 9.17) is 4.42 Å². The van der Waals surface area contributed by atoms with Crippen molar-refractivity contribution < 1.29 is 4.42 Å². The molecule has 0 bridgehead atoms. The first-order valence-electron chi connectivity index (χ1n) is 6.28. The van der Waals surface area contributed by atoms with Crippen molar-refractivity contribution in [1.82, 2.24) is 10.3 Å². The predicted octanol–water partition coefficient (Wildman–Crippen LogP) is 2.68. The summed E-state index contributed by atoms with van der Waals surface area (Å²) < 4.78 is 5.93. The molecule has 0 atom stereocenters. The summed E-state index contributed by atoms with van der Waals surface area (Å²) in [5.41, 5.74) is 1.17. The van der Waals surface area contributed by atoms with Crippen LogP contribution in [0.25, 0.3) is 0 Å². The van der Waals surface area contributed by atoms with Crippen molar-refractivity contribution in [3.05, 3.63) is 17.3 Å². The van der Waals surface area contributed by atoms with E-state index < -0.39 is 0 Å². The zero-order chi connectivity index (χ0) is 11.7. The van der Waals surface area contributed by atoms with Crippen molar-refractivity contribution in [2.24, 2.45) is 5.92 Å². The first-order chi connectivity index (χ1) is 7.58. The quantitative estimate of drug-likeness (QED) is 0.851. The van der Waals surface area contributed by atoms with Gasteiger partial charge < -0.3 is 9.73 Å². The molecule has 2 rings (SSSR count). The molecule has 3 heteroatoms. The van der Waals surface area contributed by atoms with Gasteiger partial charge in [0, 0.05) is 19.0 Å². The van der Waals surface area contributed by atoms with Gasteiger partial charge in [0.15, 0.2) is 5.89 Å². The molecule has 1 aliphatic heterocycles. The average molecular weight is 222 g/mol. The van der Waals surface area contributed by atoms with Crippen LogP contribution in [0.2, 0.25) is 0 Å². The third kappa shape index (κ3) is 2.29. The highest BCUT2D eigenvalue weighted by molar-refractivity contribution is 5.17. The molecule has 1 aromatic rings. The van der Waals surface area contributed by atoms with Crippen LogP contribution in [0.4, 0.5) is 0 Å². The summed E-state index contributed by atoms with van der Waals surface area (Å²) in [7, 11) is 0. The lowest BCUT2D eigenvalue weighted by Gasteiger charge is -2.23. The molecule has 1 fully saturated rings. The monoisotopic (exact) mass is 222 g/mol. The Morgan fingerprint density at radius 3 is 2.44 bits per heavy atom. The van der Waals surface area contributed by atoms with E-state index in [1.165, 1.54) is 5.69 Å². The Labute approximate surface area is 97.6 Å². The van der Waals surface area contributed by atoms with E-state index in [0.717, 1.165) is 31.2 Å². The molecule has 1 saturated heterocycles. The van der Waals surface area contributed by atoms with Crippen molar-refractivity contribution >= 4 is 0 Å². The Balaban J connectivity index is 2.22. The average Bonchev–Trinajstić information content (AvgIpc) is 2.44. The lowest BCUT2D eigenvalue weighted by atomic mass is 10.0. The van der Waals surface area contributed by atoms with Gasteiger partial charge >= 0.3 is 0 Å². The summed E-state index contributed by atoms with van der Waals surface area (Å²) in [5.74, 6) is 3.60. The molecule has 90 valence electrons. The summed E-state index contributed by atoms with van der Waals surface area (Å²) in [6.45, 7) is 10.8. The Morgan fingerprint density at radius 1 is 1.31 bits per heavy atom. The molecule has 3 nitrogen and oxygen atoms in total. The second kappa shape index (κ2) is 4.58. The molecule has 0 saturated carbocycles. The molecule has 1 aliphatic rings. The number of oxazole rings is 1. The molecule has 2 heterocycles. The van der Waals surface area contributed by atoms with Crippen LogP contribution in [0.1, 0.15) is 56.9 Å². The smallest absolute Gasteiger partial charge is 0.200 e. The standard InChI is InChI=1S/C13H22N2O/c1-8(2)5-11-12(9(3)4)16-13(15-11)10-6-14-7-10/h8-10,14H,5-7H2,1-4H3. The van der Waals surface area contributed by atoms with E-state index in [9.17, 15) is 0 Å². The predicted molar refractivity (Wildman–Crippen MR) is 64.7 cm³/mol. The van der Waals surface area contributed by atoms with Crippen LogP contribution in [-0.2, 0) is 6.42 Å². The Kier molecular flexibility index (Phi) is 3.33. The van der Waals surface area contributed by atoms with Gasteiger partial charge in [-0.05, 0) is 12.3 Å². The summed E-state index contributed by atoms with van der Waals surface area (Å²) in [6, 6.07) is 0. The second-order valence-electron chi connectivity index (χ2n) is 5.47. The first kappa shape index (κ1) is 11.6. The molecule has 0 aliphatic carbocycles. The molecule has 0 radical (unpaired) electrons. The van der Waals surface area contributed by atoms with Crippen LogP contribution in [-0.4, -0.2) is 18.1 Å². The molecule has 1 aromatic heterocycles. The number of aromatic nitrogens is 1. The Bertz CT molecular complexity index is 351. The van der Waals surface area contributed by atoms with Gasteiger partial charge in [-0.1, -0.05) is 27.7 Å². The summed E-state index contributed by atoms with van der Waals surface area (Å²) in [5, 5.41) is 3.26. The van der Waals surface area contributed by atoms with Crippen molar-refractivity contribution in [1.29, 1.82) is 0 Å². The largest absolute Gasteiger partial charge is 0.445 e. The van der Waals surface area contributed by atoms with Gasteiger partial charge in [-0.3, -0.25) is 0 Å². The molecule has 0 aromatic carbocycles. The topological polar surface area (TPSA) is 38.1 Å². The summed E-state index contributed by atoms with van der Waals surface area (Å²) >= 11 is 0. The van der Waals surface area contributed by atoms with E-state index in [0.29, 0.717) is 17.8 Å². The maximum absolute atomic E-state index is 5.93. The van der Waals surface area contributed by atoms with Crippen LogP contribution in [0, 0.1) is 5.92 Å². The highest BCUT2D eigenvalue weighted by Gasteiger charge is 2.26. The fourth-order valence-electron chi connectivity index (χ4n) is 2.00. The van der Waals surface area contributed by atoms with Crippen molar-refractivity contribution in [3.8, 4) is 0 Å². The van der Waals surface area contributed by atoms with Gasteiger partial charge in [-0.15, -0.1) is 0 Å². The second-order valence-corrected chi connectivity index (χ2v) is 5.47. The van der Waals surface area contributed by atoms with Crippen LogP contribution < -0.4 is 5.32 Å². The van der Waals surface area contributed by atoms with Gasteiger partial charge in [0.25, 0.3) is 0 Å². The molecule has 1 N–H and O–H groups in total. The number of rotatable bonds is 4. The number of hydrogen-bond donors (Lipinski definition) is 1. The molecule has 0 amide bonds. The third-order valence-corrected chi connectivity index (χ3v) is 3.00. The zero-order valence-electron chi connectivity index (χ0n) is 10.7. The van der Waals surface area contributed by atoms with Gasteiger partial charge in [0.05, 0.1) is 11.6 Å². The summed E-state index contributed by atoms with van der Waals surface area (Å²) in [4.78, 5) is 4.69. The van der Waals surface area contributed by atoms with Crippen LogP contribution in [0.15, 0.2) is 4.42 Å². The lowest BCUT2D eigenvalue weighted by molar-refractivity contribution is 0.340. The third-order valence-electron chi connectivity index (χ3n) is 3.00. The van der Waals surface area contributed by atoms with E-state index in [2.05, 4.69) is 38.0 Å². The Morgan fingerprint density at radius 2 is 2.00 bits per heavy atom. The molecule has 0 spiro atoms. The van der Waals surface area contributed by atoms with Gasteiger partial charge in [0.2, 0.25) is 0 Å². The fourth-order valence-corrected chi connectivity index (χ4v) is 2.00. The van der Waals surface area contributed by atoms with E-state index >= 15 is 0 Å². The van der Waals surface area contributed by atoms with Crippen LogP contribution >= 0.6 is 0 Å². The van der Waals surface area contributed by atoms with Gasteiger partial charge in [-0.25, -0.2) is 4.98 Å². The number of hydrogen-bond acceptors (Lipinski definition) is 3. The number of nitrogens with zero attached hydrogens (tertiary/aromatic N) is 1. The zero-order valence-corrected chi connectivity index (χ0v) is 10.7. The highest BCUT2D eigenvalue weighted by Crippen LogP contribution is 2.28. The van der Waals surface area contributed by atoms with E-state index in [-0.39, 0.29) is 0 Å². The number of nitrogens with one attached hydrogen (secondary N) is 1. The molecule has 16 heavy (non-hydrogen) atoms. The van der Waals surface area contributed by atoms with Crippen LogP contribution in [0.3, 0.4) is 0 Å². The minimum Gasteiger partial charge on any atom is -0.445 e. The van der Waals surface area contributed by atoms with Crippen molar-refractivity contribution in [2.75, 3.05) is 13.1 Å². The fraction of sp³-hybridized carbons (Fsp3) is 0.769. The first-order valence-corrected chi connectivity index (χ1v) is 6.28. The maximum Gasteiger partial charge on any atom is 0.200 e. The van der Waals surface area contributed by atoms with Crippen LogP contribution in [0.5, 0.6) is 0 Å². The normalized spacial score (nSPS) is 17.1. The SMILES string of the molecule is CC(C)Cc1nc(C2CNC2)oc1C(C)C. The van der Waals surface area contributed by atoms with E-state index in [1.54, 1.807) is 0 Å². The van der Waals surface area contributed by atoms with Gasteiger partial charge in [0.1, 0.15) is 5.76 Å². The minimum absolute atomic E-state index is 0.433. The lowest BCUT2D eigenvalue weighted by Crippen LogP contribution is -2.40.